The first-order chi connectivity index (χ1) is 10.1. The molecule has 0 fully saturated rings. The molecule has 0 saturated heterocycles. The van der Waals surface area contributed by atoms with Gasteiger partial charge >= 0.3 is 5.63 Å². The van der Waals surface area contributed by atoms with Gasteiger partial charge in [-0.2, -0.15) is 5.26 Å². The van der Waals surface area contributed by atoms with E-state index < -0.39 is 11.5 Å². The van der Waals surface area contributed by atoms with E-state index >= 15 is 0 Å². The lowest BCUT2D eigenvalue weighted by atomic mass is 10.1. The molecule has 0 saturated carbocycles. The molecule has 0 bridgehead atoms. The summed E-state index contributed by atoms with van der Waals surface area (Å²) in [6.45, 7) is 0.273. The van der Waals surface area contributed by atoms with Crippen molar-refractivity contribution in [3.8, 4) is 11.8 Å². The summed E-state index contributed by atoms with van der Waals surface area (Å²) in [6.07, 6.45) is 0.216. The monoisotopic (exact) mass is 286 g/mol. The third-order valence-corrected chi connectivity index (χ3v) is 3.08. The predicted octanol–water partition coefficient (Wildman–Crippen LogP) is 1.79. The molecule has 0 aliphatic rings. The van der Waals surface area contributed by atoms with Crippen LogP contribution in [0.15, 0.2) is 33.5 Å². The van der Waals surface area contributed by atoms with Crippen LogP contribution in [0.2, 0.25) is 0 Å². The third kappa shape index (κ3) is 3.03. The average Bonchev–Trinajstić information content (AvgIpc) is 2.51. The molecule has 1 aromatic heterocycles. The van der Waals surface area contributed by atoms with Crippen molar-refractivity contribution < 1.29 is 13.9 Å². The van der Waals surface area contributed by atoms with E-state index in [1.54, 1.807) is 25.2 Å². The minimum atomic E-state index is -0.577. The highest BCUT2D eigenvalue weighted by Gasteiger charge is 2.16. The number of carbonyl (C=O) groups excluding carboxylic acids is 1. The Bertz CT molecular complexity index is 773. The molecule has 21 heavy (non-hydrogen) atoms. The van der Waals surface area contributed by atoms with Gasteiger partial charge < -0.3 is 14.1 Å². The van der Waals surface area contributed by atoms with E-state index in [9.17, 15) is 9.59 Å². The highest BCUT2D eigenvalue weighted by Crippen LogP contribution is 2.19. The van der Waals surface area contributed by atoms with Gasteiger partial charge in [-0.1, -0.05) is 0 Å². The van der Waals surface area contributed by atoms with Crippen molar-refractivity contribution in [2.45, 2.75) is 6.42 Å². The normalized spacial score (nSPS) is 10.1. The number of carbonyl (C=O) groups is 1. The summed E-state index contributed by atoms with van der Waals surface area (Å²) >= 11 is 0. The Labute approximate surface area is 121 Å². The summed E-state index contributed by atoms with van der Waals surface area (Å²) in [5.74, 6) is 0.0950. The number of hydrogen-bond acceptors (Lipinski definition) is 5. The summed E-state index contributed by atoms with van der Waals surface area (Å²) < 4.78 is 10.2. The number of nitrogens with zero attached hydrogens (tertiary/aromatic N) is 2. The molecule has 1 aromatic carbocycles. The molecule has 6 heteroatoms. The number of rotatable bonds is 4. The summed E-state index contributed by atoms with van der Waals surface area (Å²) in [6, 6.07) is 8.37. The highest BCUT2D eigenvalue weighted by atomic mass is 16.5. The van der Waals surface area contributed by atoms with Gasteiger partial charge in [0.25, 0.3) is 5.91 Å². The minimum Gasteiger partial charge on any atom is -0.497 e. The first-order valence-electron chi connectivity index (χ1n) is 6.31. The SMILES string of the molecule is COc1ccc2c(=O)oc(C(=O)N(C)CCC#N)cc2c1. The highest BCUT2D eigenvalue weighted by molar-refractivity contribution is 5.95. The second-order valence-corrected chi connectivity index (χ2v) is 4.49. The maximum atomic E-state index is 12.2. The second kappa shape index (κ2) is 6.09. The summed E-state index contributed by atoms with van der Waals surface area (Å²) in [5.41, 5.74) is -0.577. The lowest BCUT2D eigenvalue weighted by molar-refractivity contribution is 0.0762. The Morgan fingerprint density at radius 1 is 1.43 bits per heavy atom. The summed E-state index contributed by atoms with van der Waals surface area (Å²) in [5, 5.41) is 9.49. The Balaban J connectivity index is 2.43. The zero-order chi connectivity index (χ0) is 15.4. The smallest absolute Gasteiger partial charge is 0.344 e. The van der Waals surface area contributed by atoms with E-state index in [1.165, 1.54) is 18.1 Å². The van der Waals surface area contributed by atoms with Crippen LogP contribution in [0.25, 0.3) is 10.8 Å². The fraction of sp³-hybridized carbons (Fsp3) is 0.267. The quantitative estimate of drug-likeness (QED) is 0.855. The van der Waals surface area contributed by atoms with Gasteiger partial charge in [0, 0.05) is 13.6 Å². The van der Waals surface area contributed by atoms with Gasteiger partial charge in [-0.3, -0.25) is 4.79 Å². The maximum Gasteiger partial charge on any atom is 0.344 e. The fourth-order valence-electron chi connectivity index (χ4n) is 1.91. The first-order valence-corrected chi connectivity index (χ1v) is 6.31. The molecule has 2 rings (SSSR count). The molecule has 2 aromatic rings. The van der Waals surface area contributed by atoms with Gasteiger partial charge in [-0.15, -0.1) is 0 Å². The van der Waals surface area contributed by atoms with Crippen LogP contribution in [0.4, 0.5) is 0 Å². The Morgan fingerprint density at radius 3 is 2.86 bits per heavy atom. The van der Waals surface area contributed by atoms with Crippen molar-refractivity contribution in [2.75, 3.05) is 20.7 Å². The summed E-state index contributed by atoms with van der Waals surface area (Å²) in [7, 11) is 3.07. The van der Waals surface area contributed by atoms with E-state index in [4.69, 9.17) is 14.4 Å². The van der Waals surface area contributed by atoms with Crippen molar-refractivity contribution in [3.05, 3.63) is 40.4 Å². The summed E-state index contributed by atoms with van der Waals surface area (Å²) in [4.78, 5) is 25.4. The Morgan fingerprint density at radius 2 is 2.19 bits per heavy atom. The van der Waals surface area contributed by atoms with Crippen LogP contribution in [-0.4, -0.2) is 31.5 Å². The number of ether oxygens (including phenoxy) is 1. The van der Waals surface area contributed by atoms with E-state index in [0.29, 0.717) is 16.5 Å². The number of hydrogen-bond donors (Lipinski definition) is 0. The Hall–Kier alpha value is -2.81. The Kier molecular flexibility index (Phi) is 4.24. The number of amides is 1. The van der Waals surface area contributed by atoms with Crippen LogP contribution < -0.4 is 10.4 Å². The lowest BCUT2D eigenvalue weighted by Gasteiger charge is -2.14. The molecule has 6 nitrogen and oxygen atoms in total. The average molecular weight is 286 g/mol. The molecule has 0 aliphatic carbocycles. The molecule has 0 N–H and O–H groups in total. The van der Waals surface area contributed by atoms with Gasteiger partial charge in [0.05, 0.1) is 25.0 Å². The van der Waals surface area contributed by atoms with Crippen molar-refractivity contribution in [1.82, 2.24) is 4.90 Å². The van der Waals surface area contributed by atoms with Gasteiger partial charge in [-0.25, -0.2) is 4.79 Å². The second-order valence-electron chi connectivity index (χ2n) is 4.49. The van der Waals surface area contributed by atoms with Crippen LogP contribution >= 0.6 is 0 Å². The van der Waals surface area contributed by atoms with Gasteiger partial charge in [0.15, 0.2) is 5.76 Å². The predicted molar refractivity (Wildman–Crippen MR) is 76.2 cm³/mol. The largest absolute Gasteiger partial charge is 0.497 e. The fourth-order valence-corrected chi connectivity index (χ4v) is 1.91. The molecule has 1 amide bonds. The molecular weight excluding hydrogens is 272 g/mol. The van der Waals surface area contributed by atoms with E-state index in [1.807, 2.05) is 6.07 Å². The van der Waals surface area contributed by atoms with Crippen LogP contribution in [0.3, 0.4) is 0 Å². The number of benzene rings is 1. The van der Waals surface area contributed by atoms with E-state index in [2.05, 4.69) is 0 Å². The molecule has 108 valence electrons. The first kappa shape index (κ1) is 14.6. The standard InChI is InChI=1S/C15H14N2O4/c1-17(7-3-6-16)14(18)13-9-10-8-11(20-2)4-5-12(10)15(19)21-13/h4-5,8-9H,3,7H2,1-2H3. The minimum absolute atomic E-state index is 0.0545. The maximum absolute atomic E-state index is 12.2. The molecule has 1 heterocycles. The van der Waals surface area contributed by atoms with Gasteiger partial charge in [0.2, 0.25) is 0 Å². The van der Waals surface area contributed by atoms with Crippen molar-refractivity contribution >= 4 is 16.7 Å². The molecule has 0 radical (unpaired) electrons. The molecule has 0 atom stereocenters. The van der Waals surface area contributed by atoms with E-state index in [0.717, 1.165) is 0 Å². The molecular formula is C15H14N2O4. The molecule has 0 unspecified atom stereocenters. The number of fused-ring (bicyclic) bond motifs is 1. The van der Waals surface area contributed by atoms with E-state index in [-0.39, 0.29) is 18.7 Å². The van der Waals surface area contributed by atoms with Crippen molar-refractivity contribution in [1.29, 1.82) is 5.26 Å². The molecule has 0 aliphatic heterocycles. The van der Waals surface area contributed by atoms with Crippen LogP contribution in [0.5, 0.6) is 5.75 Å². The number of methoxy groups -OCH3 is 1. The van der Waals surface area contributed by atoms with Crippen LogP contribution in [-0.2, 0) is 0 Å². The van der Waals surface area contributed by atoms with Crippen LogP contribution in [0.1, 0.15) is 17.0 Å². The van der Waals surface area contributed by atoms with Crippen molar-refractivity contribution in [2.24, 2.45) is 0 Å². The third-order valence-electron chi connectivity index (χ3n) is 3.08. The zero-order valence-electron chi connectivity index (χ0n) is 11.8. The number of nitriles is 1. The lowest BCUT2D eigenvalue weighted by Crippen LogP contribution is -2.28. The van der Waals surface area contributed by atoms with Crippen molar-refractivity contribution in [3.63, 3.8) is 0 Å². The molecule has 0 spiro atoms. The zero-order valence-corrected chi connectivity index (χ0v) is 11.8. The van der Waals surface area contributed by atoms with Gasteiger partial charge in [-0.05, 0) is 29.7 Å². The topological polar surface area (TPSA) is 83.5 Å². The van der Waals surface area contributed by atoms with Gasteiger partial charge in [0.1, 0.15) is 5.75 Å². The van der Waals surface area contributed by atoms with Crippen LogP contribution in [0, 0.1) is 11.3 Å².